The zero-order valence-electron chi connectivity index (χ0n) is 15.3. The van der Waals surface area contributed by atoms with Crippen LogP contribution in [0.4, 0.5) is 11.4 Å². The minimum atomic E-state index is 0. The smallest absolute Gasteiger partial charge is 0.225 e. The quantitative estimate of drug-likeness (QED) is 0.755. The molecule has 146 valence electrons. The Bertz CT molecular complexity index is 750. The molecular weight excluding hydrogens is 385 g/mol. The van der Waals surface area contributed by atoms with Crippen LogP contribution in [-0.4, -0.2) is 50.6 Å². The van der Waals surface area contributed by atoms with Crippen LogP contribution in [0.15, 0.2) is 48.5 Å². The fourth-order valence-corrected chi connectivity index (χ4v) is 3.34. The molecule has 3 rings (SSSR count). The van der Waals surface area contributed by atoms with Crippen molar-refractivity contribution in [2.75, 3.05) is 50.1 Å². The van der Waals surface area contributed by atoms with Crippen LogP contribution < -0.4 is 27.4 Å². The van der Waals surface area contributed by atoms with E-state index in [2.05, 4.69) is 21.2 Å². The van der Waals surface area contributed by atoms with Gasteiger partial charge in [-0.25, -0.2) is 0 Å². The minimum absolute atomic E-state index is 0. The Balaban J connectivity index is 0.00000261. The van der Waals surface area contributed by atoms with Crippen molar-refractivity contribution in [1.82, 2.24) is 4.90 Å². The minimum Gasteiger partial charge on any atom is -1.00 e. The molecule has 1 N–H and O–H groups in total. The normalized spacial score (nSPS) is 14.4. The number of nitrogens with zero attached hydrogens (tertiary/aromatic N) is 2. The molecule has 1 aliphatic heterocycles. The van der Waals surface area contributed by atoms with Gasteiger partial charge in [0.1, 0.15) is 5.75 Å². The lowest BCUT2D eigenvalue weighted by Gasteiger charge is -2.36. The maximum atomic E-state index is 12.1. The fourth-order valence-electron chi connectivity index (χ4n) is 3.15. The Morgan fingerprint density at radius 2 is 1.85 bits per heavy atom. The van der Waals surface area contributed by atoms with Crippen LogP contribution >= 0.6 is 11.6 Å². The lowest BCUT2D eigenvalue weighted by atomic mass is 10.2. The highest BCUT2D eigenvalue weighted by molar-refractivity contribution is 6.30. The summed E-state index contributed by atoms with van der Waals surface area (Å²) in [4.78, 5) is 16.8. The van der Waals surface area contributed by atoms with Gasteiger partial charge >= 0.3 is 0 Å². The summed E-state index contributed by atoms with van der Waals surface area (Å²) < 4.78 is 5.45. The van der Waals surface area contributed by atoms with Gasteiger partial charge in [-0.3, -0.25) is 9.69 Å². The van der Waals surface area contributed by atoms with Crippen molar-refractivity contribution in [2.45, 2.75) is 6.42 Å². The van der Waals surface area contributed by atoms with E-state index in [1.165, 1.54) is 0 Å². The third-order valence-corrected chi connectivity index (χ3v) is 4.80. The molecule has 0 radical (unpaired) electrons. The molecule has 5 nitrogen and oxygen atoms in total. The van der Waals surface area contributed by atoms with Gasteiger partial charge in [-0.1, -0.05) is 29.8 Å². The van der Waals surface area contributed by atoms with E-state index in [0.717, 1.165) is 49.8 Å². The Labute approximate surface area is 171 Å². The zero-order valence-corrected chi connectivity index (χ0v) is 16.8. The van der Waals surface area contributed by atoms with E-state index in [0.29, 0.717) is 11.4 Å². The molecule has 1 saturated heterocycles. The number of carbonyl (C=O) groups excluding carboxylic acids is 1. The Morgan fingerprint density at radius 3 is 2.56 bits per heavy atom. The van der Waals surface area contributed by atoms with Crippen molar-refractivity contribution in [3.63, 3.8) is 0 Å². The number of methoxy groups -OCH3 is 1. The van der Waals surface area contributed by atoms with Crippen LogP contribution in [0.2, 0.25) is 5.02 Å². The Kier molecular flexibility index (Phi) is 8.23. The summed E-state index contributed by atoms with van der Waals surface area (Å²) in [6.45, 7) is 4.48. The number of halogens is 2. The monoisotopic (exact) mass is 408 g/mol. The number of anilines is 2. The van der Waals surface area contributed by atoms with Gasteiger partial charge in [0.15, 0.2) is 0 Å². The average molecular weight is 409 g/mol. The topological polar surface area (TPSA) is 44.8 Å². The first kappa shape index (κ1) is 21.4. The van der Waals surface area contributed by atoms with Crippen molar-refractivity contribution in [2.24, 2.45) is 0 Å². The highest BCUT2D eigenvalue weighted by Crippen LogP contribution is 2.28. The number of rotatable bonds is 6. The lowest BCUT2D eigenvalue weighted by molar-refractivity contribution is -0.116. The SMILES string of the molecule is COc1ccccc1N1CCN(CCC(=O)Nc2cccc(Cl)c2)CC1.[Cl-]. The van der Waals surface area contributed by atoms with Gasteiger partial charge in [0.05, 0.1) is 12.8 Å². The third kappa shape index (κ3) is 6.03. The summed E-state index contributed by atoms with van der Waals surface area (Å²) in [5.41, 5.74) is 1.87. The molecule has 0 unspecified atom stereocenters. The van der Waals surface area contributed by atoms with Gasteiger partial charge in [0.2, 0.25) is 5.91 Å². The summed E-state index contributed by atoms with van der Waals surface area (Å²) in [6, 6.07) is 15.3. The second-order valence-electron chi connectivity index (χ2n) is 6.31. The summed E-state index contributed by atoms with van der Waals surface area (Å²) >= 11 is 5.94. The molecular formula is C20H24Cl2N3O2-. The number of nitrogens with one attached hydrogen (secondary N) is 1. The van der Waals surface area contributed by atoms with Crippen LogP contribution in [-0.2, 0) is 4.79 Å². The summed E-state index contributed by atoms with van der Waals surface area (Å²) in [7, 11) is 1.70. The average Bonchev–Trinajstić information content (AvgIpc) is 2.67. The highest BCUT2D eigenvalue weighted by atomic mass is 35.5. The fraction of sp³-hybridized carbons (Fsp3) is 0.350. The number of hydrogen-bond donors (Lipinski definition) is 1. The van der Waals surface area contributed by atoms with Gasteiger partial charge in [-0.2, -0.15) is 0 Å². The predicted molar refractivity (Wildman–Crippen MR) is 106 cm³/mol. The van der Waals surface area contributed by atoms with Crippen LogP contribution in [0.1, 0.15) is 6.42 Å². The van der Waals surface area contributed by atoms with Gasteiger partial charge < -0.3 is 27.4 Å². The van der Waals surface area contributed by atoms with Crippen LogP contribution in [0.5, 0.6) is 5.75 Å². The van der Waals surface area contributed by atoms with E-state index >= 15 is 0 Å². The molecule has 7 heteroatoms. The summed E-state index contributed by atoms with van der Waals surface area (Å²) in [6.07, 6.45) is 0.473. The number of ether oxygens (including phenoxy) is 1. The van der Waals surface area contributed by atoms with Crippen molar-refractivity contribution in [1.29, 1.82) is 0 Å². The molecule has 0 atom stereocenters. The molecule has 0 aromatic heterocycles. The zero-order chi connectivity index (χ0) is 18.4. The van der Waals surface area contributed by atoms with E-state index in [4.69, 9.17) is 16.3 Å². The molecule has 0 spiro atoms. The van der Waals surface area contributed by atoms with Crippen molar-refractivity contribution in [3.8, 4) is 5.75 Å². The number of para-hydroxylation sites is 2. The number of piperazine rings is 1. The van der Waals surface area contributed by atoms with E-state index in [1.807, 2.05) is 30.3 Å². The second kappa shape index (κ2) is 10.4. The summed E-state index contributed by atoms with van der Waals surface area (Å²) in [5, 5.41) is 3.52. The van der Waals surface area contributed by atoms with E-state index < -0.39 is 0 Å². The standard InChI is InChI=1S/C20H24ClN3O2.ClH/c1-26-19-8-3-2-7-18(19)24-13-11-23(12-14-24)10-9-20(25)22-17-6-4-5-16(21)15-17;/h2-8,15H,9-14H2,1H3,(H,22,25);1H/p-1. The first-order valence-electron chi connectivity index (χ1n) is 8.81. The first-order valence-corrected chi connectivity index (χ1v) is 9.19. The van der Waals surface area contributed by atoms with Crippen molar-refractivity contribution >= 4 is 28.9 Å². The number of carbonyl (C=O) groups is 1. The molecule has 2 aromatic carbocycles. The van der Waals surface area contributed by atoms with Crippen LogP contribution in [0.25, 0.3) is 0 Å². The molecule has 1 fully saturated rings. The Morgan fingerprint density at radius 1 is 1.11 bits per heavy atom. The third-order valence-electron chi connectivity index (χ3n) is 4.56. The second-order valence-corrected chi connectivity index (χ2v) is 6.75. The molecule has 1 aliphatic rings. The molecule has 27 heavy (non-hydrogen) atoms. The van der Waals surface area contributed by atoms with Gasteiger partial charge in [0.25, 0.3) is 0 Å². The molecule has 0 bridgehead atoms. The van der Waals surface area contributed by atoms with Crippen molar-refractivity contribution < 1.29 is 21.9 Å². The van der Waals surface area contributed by atoms with Gasteiger partial charge in [0, 0.05) is 49.9 Å². The maximum absolute atomic E-state index is 12.1. The first-order chi connectivity index (χ1) is 12.7. The Hall–Kier alpha value is -1.95. The van der Waals surface area contributed by atoms with E-state index in [9.17, 15) is 4.79 Å². The van der Waals surface area contributed by atoms with Crippen LogP contribution in [0, 0.1) is 0 Å². The summed E-state index contributed by atoms with van der Waals surface area (Å²) in [5.74, 6) is 0.918. The number of benzene rings is 2. The maximum Gasteiger partial charge on any atom is 0.225 e. The van der Waals surface area contributed by atoms with E-state index in [1.54, 1.807) is 19.2 Å². The van der Waals surface area contributed by atoms with Crippen LogP contribution in [0.3, 0.4) is 0 Å². The van der Waals surface area contributed by atoms with Gasteiger partial charge in [-0.15, -0.1) is 0 Å². The molecule has 1 heterocycles. The highest BCUT2D eigenvalue weighted by Gasteiger charge is 2.19. The molecule has 0 saturated carbocycles. The largest absolute Gasteiger partial charge is 1.00 e. The van der Waals surface area contributed by atoms with Gasteiger partial charge in [-0.05, 0) is 30.3 Å². The van der Waals surface area contributed by atoms with Crippen molar-refractivity contribution in [3.05, 3.63) is 53.6 Å². The molecule has 0 aliphatic carbocycles. The molecule has 1 amide bonds. The van der Waals surface area contributed by atoms with E-state index in [-0.39, 0.29) is 18.3 Å². The number of amides is 1. The molecule has 2 aromatic rings. The number of hydrogen-bond acceptors (Lipinski definition) is 4. The predicted octanol–water partition coefficient (Wildman–Crippen LogP) is 0.503. The lowest BCUT2D eigenvalue weighted by Crippen LogP contribution is -3.00.